The predicted molar refractivity (Wildman–Crippen MR) is 61.7 cm³/mol. The average Bonchev–Trinajstić information content (AvgIpc) is 3.01. The molecule has 1 aliphatic heterocycles. The Hall–Kier alpha value is 1.23. The summed E-state index contributed by atoms with van der Waals surface area (Å²) >= 11 is 0. The molecule has 1 saturated carbocycles. The molecule has 3 nitrogen and oxygen atoms in total. The van der Waals surface area contributed by atoms with Crippen molar-refractivity contribution in [2.75, 3.05) is 0 Å². The summed E-state index contributed by atoms with van der Waals surface area (Å²) in [6.45, 7) is 2.20. The summed E-state index contributed by atoms with van der Waals surface area (Å²) in [5.74, 6) is 0.829. The van der Waals surface area contributed by atoms with Crippen molar-refractivity contribution in [1.82, 2.24) is 0 Å². The molecule has 1 heterocycles. The van der Waals surface area contributed by atoms with Gasteiger partial charge in [0.1, 0.15) is 5.78 Å². The second-order valence-electron chi connectivity index (χ2n) is 5.00. The van der Waals surface area contributed by atoms with Gasteiger partial charge in [-0.15, -0.1) is 0 Å². The number of epoxide rings is 1. The maximum atomic E-state index is 11.9. The fraction of sp³-hybridized carbons (Fsp3) is 0.923. The molecule has 17 heavy (non-hydrogen) atoms. The van der Waals surface area contributed by atoms with Gasteiger partial charge in [0.2, 0.25) is 0 Å². The molecule has 1 aliphatic carbocycles. The molecule has 2 aliphatic rings. The SMILES string of the molecule is CCCCCCC(=O)C1CCC2OC2C1.[K+].[OH-]. The Balaban J connectivity index is 0.00000128. The average molecular weight is 266 g/mol. The van der Waals surface area contributed by atoms with E-state index >= 15 is 0 Å². The zero-order chi connectivity index (χ0) is 10.7. The van der Waals surface area contributed by atoms with Crippen LogP contribution in [0.3, 0.4) is 0 Å². The third kappa shape index (κ3) is 5.81. The van der Waals surface area contributed by atoms with Crippen LogP contribution in [0.2, 0.25) is 0 Å². The van der Waals surface area contributed by atoms with Crippen molar-refractivity contribution in [3.8, 4) is 0 Å². The van der Waals surface area contributed by atoms with Gasteiger partial charge in [-0.2, -0.15) is 0 Å². The fourth-order valence-electron chi connectivity index (χ4n) is 2.63. The van der Waals surface area contributed by atoms with Gasteiger partial charge in [0.05, 0.1) is 12.2 Å². The van der Waals surface area contributed by atoms with E-state index in [-0.39, 0.29) is 56.9 Å². The molecule has 2 fully saturated rings. The van der Waals surface area contributed by atoms with Gasteiger partial charge in [0.25, 0.3) is 0 Å². The molecule has 1 N–H and O–H groups in total. The minimum absolute atomic E-state index is 0. The molecule has 3 atom stereocenters. The van der Waals surface area contributed by atoms with E-state index < -0.39 is 0 Å². The third-order valence-corrected chi connectivity index (χ3v) is 3.74. The van der Waals surface area contributed by atoms with E-state index in [1.807, 2.05) is 0 Å². The van der Waals surface area contributed by atoms with Gasteiger partial charge in [0.15, 0.2) is 0 Å². The van der Waals surface area contributed by atoms with Crippen molar-refractivity contribution >= 4 is 5.78 Å². The molecule has 0 radical (unpaired) electrons. The smallest absolute Gasteiger partial charge is 0.870 e. The topological polar surface area (TPSA) is 59.6 Å². The molecule has 0 aromatic rings. The first-order valence-electron chi connectivity index (χ1n) is 6.49. The number of rotatable bonds is 6. The van der Waals surface area contributed by atoms with Crippen LogP contribution in [0.1, 0.15) is 58.3 Å². The molecule has 2 rings (SSSR count). The van der Waals surface area contributed by atoms with Crippen LogP contribution in [0.5, 0.6) is 0 Å². The summed E-state index contributed by atoms with van der Waals surface area (Å²) in [5.41, 5.74) is 0. The van der Waals surface area contributed by atoms with Gasteiger partial charge in [0, 0.05) is 12.3 Å². The van der Waals surface area contributed by atoms with Crippen molar-refractivity contribution in [1.29, 1.82) is 0 Å². The van der Waals surface area contributed by atoms with Gasteiger partial charge < -0.3 is 10.2 Å². The van der Waals surface area contributed by atoms with Crippen molar-refractivity contribution in [3.05, 3.63) is 0 Å². The standard InChI is InChI=1S/C13H22O2.K.H2O/c1-2-3-4-5-6-11(14)10-7-8-12-13(9-10)15-12;;/h10,12-13H,2-9H2,1H3;;1H2/q;+1;/p-1. The Labute approximate surface area is 147 Å². The number of carbonyl (C=O) groups is 1. The number of hydrogen-bond donors (Lipinski definition) is 0. The van der Waals surface area contributed by atoms with E-state index in [1.54, 1.807) is 0 Å². The van der Waals surface area contributed by atoms with Crippen LogP contribution >= 0.6 is 0 Å². The van der Waals surface area contributed by atoms with Crippen molar-refractivity contribution in [2.24, 2.45) is 5.92 Å². The molecular formula is C13H23KO3. The number of Topliss-reactive ketones (excluding diaryl/α,β-unsaturated/α-hetero) is 1. The van der Waals surface area contributed by atoms with Gasteiger partial charge in [-0.05, 0) is 25.7 Å². The minimum atomic E-state index is 0. The molecule has 0 amide bonds. The van der Waals surface area contributed by atoms with Crippen molar-refractivity contribution in [3.63, 3.8) is 0 Å². The van der Waals surface area contributed by atoms with E-state index in [0.717, 1.165) is 32.1 Å². The molecule has 3 unspecified atom stereocenters. The number of unbranched alkanes of at least 4 members (excludes halogenated alkanes) is 3. The second-order valence-corrected chi connectivity index (χ2v) is 5.00. The number of ether oxygens (including phenoxy) is 1. The Kier molecular flexibility index (Phi) is 9.84. The van der Waals surface area contributed by atoms with Gasteiger partial charge >= 0.3 is 51.4 Å². The quantitative estimate of drug-likeness (QED) is 0.384. The molecule has 0 aromatic heterocycles. The van der Waals surface area contributed by atoms with Gasteiger partial charge in [-0.1, -0.05) is 26.2 Å². The number of carbonyl (C=O) groups excluding carboxylic acids is 1. The molecule has 0 spiro atoms. The number of hydrogen-bond acceptors (Lipinski definition) is 3. The van der Waals surface area contributed by atoms with Crippen molar-refractivity contribution < 1.29 is 66.4 Å². The zero-order valence-corrected chi connectivity index (χ0v) is 14.3. The minimum Gasteiger partial charge on any atom is -0.870 e. The van der Waals surface area contributed by atoms with Crippen LogP contribution in [0.15, 0.2) is 0 Å². The summed E-state index contributed by atoms with van der Waals surface area (Å²) in [4.78, 5) is 11.9. The first-order chi connectivity index (χ1) is 7.31. The summed E-state index contributed by atoms with van der Waals surface area (Å²) in [5, 5.41) is 0. The van der Waals surface area contributed by atoms with E-state index in [2.05, 4.69) is 6.92 Å². The van der Waals surface area contributed by atoms with E-state index in [0.29, 0.717) is 23.9 Å². The predicted octanol–water partition coefficient (Wildman–Crippen LogP) is -0.0794. The Morgan fingerprint density at radius 2 is 1.94 bits per heavy atom. The van der Waals surface area contributed by atoms with Crippen LogP contribution in [0, 0.1) is 5.92 Å². The molecule has 94 valence electrons. The van der Waals surface area contributed by atoms with Crippen LogP contribution in [0.25, 0.3) is 0 Å². The van der Waals surface area contributed by atoms with E-state index in [9.17, 15) is 4.79 Å². The summed E-state index contributed by atoms with van der Waals surface area (Å²) in [6.07, 6.45) is 9.82. The maximum Gasteiger partial charge on any atom is 1.00 e. The first-order valence-corrected chi connectivity index (χ1v) is 6.49. The molecular weight excluding hydrogens is 243 g/mol. The zero-order valence-electron chi connectivity index (χ0n) is 11.2. The van der Waals surface area contributed by atoms with Crippen LogP contribution in [0.4, 0.5) is 0 Å². The Morgan fingerprint density at radius 1 is 1.18 bits per heavy atom. The molecule has 1 saturated heterocycles. The number of fused-ring (bicyclic) bond motifs is 1. The van der Waals surface area contributed by atoms with Gasteiger partial charge in [-0.3, -0.25) is 4.79 Å². The molecule has 4 heteroatoms. The Morgan fingerprint density at radius 3 is 2.59 bits per heavy atom. The monoisotopic (exact) mass is 266 g/mol. The second kappa shape index (κ2) is 9.18. The largest absolute Gasteiger partial charge is 1.00 e. The van der Waals surface area contributed by atoms with Crippen LogP contribution in [-0.2, 0) is 9.53 Å². The molecule has 0 bridgehead atoms. The van der Waals surface area contributed by atoms with Crippen LogP contribution < -0.4 is 51.4 Å². The molecule has 0 aromatic carbocycles. The number of ketones is 1. The fourth-order valence-corrected chi connectivity index (χ4v) is 2.63. The maximum absolute atomic E-state index is 11.9. The Bertz CT molecular complexity index is 233. The summed E-state index contributed by atoms with van der Waals surface area (Å²) < 4.78 is 5.45. The van der Waals surface area contributed by atoms with Crippen LogP contribution in [-0.4, -0.2) is 23.5 Å². The van der Waals surface area contributed by atoms with Crippen molar-refractivity contribution in [2.45, 2.75) is 70.5 Å². The van der Waals surface area contributed by atoms with Gasteiger partial charge in [-0.25, -0.2) is 0 Å². The van der Waals surface area contributed by atoms with E-state index in [1.165, 1.54) is 19.3 Å². The summed E-state index contributed by atoms with van der Waals surface area (Å²) in [6, 6.07) is 0. The normalized spacial score (nSPS) is 29.6. The first kappa shape index (κ1) is 18.2. The third-order valence-electron chi connectivity index (χ3n) is 3.74. The van der Waals surface area contributed by atoms with E-state index in [4.69, 9.17) is 4.74 Å². The summed E-state index contributed by atoms with van der Waals surface area (Å²) in [7, 11) is 0.